The van der Waals surface area contributed by atoms with Crippen LogP contribution in [0.1, 0.15) is 18.3 Å². The van der Waals surface area contributed by atoms with Crippen LogP contribution in [-0.4, -0.2) is 69.8 Å². The lowest BCUT2D eigenvalue weighted by molar-refractivity contribution is -0.141. The van der Waals surface area contributed by atoms with E-state index in [2.05, 4.69) is 15.1 Å². The van der Waals surface area contributed by atoms with Crippen LogP contribution in [0.5, 0.6) is 5.75 Å². The fraction of sp³-hybridized carbons (Fsp3) is 0.300. The summed E-state index contributed by atoms with van der Waals surface area (Å²) in [7, 11) is -1.62. The van der Waals surface area contributed by atoms with E-state index in [1.54, 1.807) is 48.6 Å². The average Bonchev–Trinajstić information content (AvgIpc) is 3.42. The minimum Gasteiger partial charge on any atom is -0.496 e. The fourth-order valence-electron chi connectivity index (χ4n) is 5.53. The summed E-state index contributed by atoms with van der Waals surface area (Å²) in [6, 6.07) is 9.39. The van der Waals surface area contributed by atoms with Crippen molar-refractivity contribution in [1.82, 2.24) is 29.7 Å². The number of hydrogen-bond donors (Lipinski definition) is 0. The molecule has 0 aromatic carbocycles. The fourth-order valence-corrected chi connectivity index (χ4v) is 6.69. The molecule has 0 aliphatic carbocycles. The van der Waals surface area contributed by atoms with Gasteiger partial charge in [-0.15, -0.1) is 0 Å². The Kier molecular flexibility index (Phi) is 7.26. The molecule has 10 nitrogen and oxygen atoms in total. The van der Waals surface area contributed by atoms with E-state index < -0.39 is 21.7 Å². The third-order valence-corrected chi connectivity index (χ3v) is 8.88. The van der Waals surface area contributed by atoms with Gasteiger partial charge in [-0.1, -0.05) is 0 Å². The molecule has 2 atom stereocenters. The molecule has 0 amide bonds. The van der Waals surface area contributed by atoms with Gasteiger partial charge in [-0.2, -0.15) is 18.3 Å². The van der Waals surface area contributed by atoms with Gasteiger partial charge in [0, 0.05) is 71.7 Å². The van der Waals surface area contributed by atoms with Crippen LogP contribution in [0.25, 0.3) is 39.2 Å². The number of sulfone groups is 1. The number of methoxy groups -OCH3 is 1. The van der Waals surface area contributed by atoms with Crippen LogP contribution in [0.3, 0.4) is 0 Å². The number of aryl methyl sites for hydroxylation is 1. The van der Waals surface area contributed by atoms with Crippen LogP contribution in [0.15, 0.2) is 61.2 Å². The smallest absolute Gasteiger partial charge is 0.433 e. The average molecular weight is 624 g/mol. The van der Waals surface area contributed by atoms with Gasteiger partial charge >= 0.3 is 6.18 Å². The van der Waals surface area contributed by atoms with Crippen LogP contribution < -0.4 is 9.64 Å². The molecule has 0 N–H and O–H groups in total. The highest BCUT2D eigenvalue weighted by Crippen LogP contribution is 2.37. The predicted octanol–water partition coefficient (Wildman–Crippen LogP) is 5.14. The van der Waals surface area contributed by atoms with Crippen LogP contribution in [0, 0.1) is 12.8 Å². The van der Waals surface area contributed by atoms with Crippen molar-refractivity contribution in [2.75, 3.05) is 30.6 Å². The minimum atomic E-state index is -4.63. The lowest BCUT2D eigenvalue weighted by Crippen LogP contribution is -2.57. The Bertz CT molecular complexity index is 2000. The Hall–Kier alpha value is -4.59. The van der Waals surface area contributed by atoms with Crippen LogP contribution >= 0.6 is 0 Å². The molecular weight excluding hydrogens is 595 g/mol. The molecule has 0 radical (unpaired) electrons. The molecule has 0 unspecified atom stereocenters. The Morgan fingerprint density at radius 2 is 1.84 bits per heavy atom. The lowest BCUT2D eigenvalue weighted by Gasteiger charge is -2.48. The number of aromatic nitrogens is 6. The summed E-state index contributed by atoms with van der Waals surface area (Å²) in [5.41, 5.74) is 2.81. The first kappa shape index (κ1) is 29.5. The number of hydrogen-bond acceptors (Lipinski definition) is 9. The maximum atomic E-state index is 13.6. The molecule has 44 heavy (non-hydrogen) atoms. The van der Waals surface area contributed by atoms with Gasteiger partial charge in [-0.3, -0.25) is 15.0 Å². The predicted molar refractivity (Wildman–Crippen MR) is 159 cm³/mol. The van der Waals surface area contributed by atoms with Crippen molar-refractivity contribution in [3.05, 3.63) is 72.6 Å². The van der Waals surface area contributed by atoms with Crippen molar-refractivity contribution in [2.45, 2.75) is 26.1 Å². The zero-order chi connectivity index (χ0) is 31.4. The van der Waals surface area contributed by atoms with Crippen molar-refractivity contribution in [1.29, 1.82) is 0 Å². The molecule has 6 rings (SSSR count). The van der Waals surface area contributed by atoms with Crippen molar-refractivity contribution < 1.29 is 26.3 Å². The van der Waals surface area contributed by atoms with Gasteiger partial charge in [0.2, 0.25) is 0 Å². The monoisotopic (exact) mass is 623 g/mol. The number of nitrogens with zero attached hydrogens (tertiary/aromatic N) is 7. The van der Waals surface area contributed by atoms with E-state index in [1.807, 2.05) is 24.8 Å². The summed E-state index contributed by atoms with van der Waals surface area (Å²) in [6.45, 7) is 4.25. The van der Waals surface area contributed by atoms with Crippen molar-refractivity contribution in [2.24, 2.45) is 5.92 Å². The van der Waals surface area contributed by atoms with E-state index >= 15 is 0 Å². The SMILES string of the molecule is COc1ccncc1-c1cc2c(cnn2-c2cc(N3C[C@H](CS(C)(=O)=O)[C@H]3C)cc(-c3ccnc(C(F)(F)F)c3)n2)c(C)n1. The quantitative estimate of drug-likeness (QED) is 0.243. The standard InChI is InChI=1S/C30H28F3N7O3S/c1-17-22-14-36-40(26(22)12-25(37-17)23-13-34-7-6-27(23)43-3)29-11-21(39-15-20(18(39)2)16-44(4,41)42)10-24(38-29)19-5-8-35-28(9-19)30(31,32)33/h5-14,18,20H,15-16H2,1-4H3/t18-,20-/m1/s1. The first-order valence-corrected chi connectivity index (χ1v) is 15.7. The van der Waals surface area contributed by atoms with E-state index in [4.69, 9.17) is 14.7 Å². The highest BCUT2D eigenvalue weighted by molar-refractivity contribution is 7.90. The normalized spacial score (nSPS) is 17.1. The van der Waals surface area contributed by atoms with Gasteiger partial charge in [-0.25, -0.2) is 18.1 Å². The van der Waals surface area contributed by atoms with Crippen LogP contribution in [-0.2, 0) is 16.0 Å². The molecule has 5 aromatic rings. The highest BCUT2D eigenvalue weighted by atomic mass is 32.2. The molecule has 0 bridgehead atoms. The first-order valence-electron chi connectivity index (χ1n) is 13.7. The Balaban J connectivity index is 1.51. The summed E-state index contributed by atoms with van der Waals surface area (Å²) in [4.78, 5) is 19.2. The van der Waals surface area contributed by atoms with Gasteiger partial charge in [0.25, 0.3) is 0 Å². The molecule has 1 fully saturated rings. The number of fused-ring (bicyclic) bond motifs is 1. The van der Waals surface area contributed by atoms with E-state index in [0.29, 0.717) is 46.3 Å². The van der Waals surface area contributed by atoms with E-state index in [-0.39, 0.29) is 29.0 Å². The Morgan fingerprint density at radius 1 is 1.05 bits per heavy atom. The molecule has 5 aromatic heterocycles. The molecular formula is C30H28F3N7O3S. The molecule has 1 saturated heterocycles. The summed E-state index contributed by atoms with van der Waals surface area (Å²) in [6.07, 6.45) is 2.62. The Labute approximate surface area is 251 Å². The second-order valence-corrected chi connectivity index (χ2v) is 13.1. The molecule has 0 saturated carbocycles. The molecule has 228 valence electrons. The Morgan fingerprint density at radius 3 is 2.55 bits per heavy atom. The third kappa shape index (κ3) is 5.56. The van der Waals surface area contributed by atoms with Crippen molar-refractivity contribution >= 4 is 26.4 Å². The second-order valence-electron chi connectivity index (χ2n) is 10.9. The molecule has 6 heterocycles. The van der Waals surface area contributed by atoms with Crippen LogP contribution in [0.2, 0.25) is 0 Å². The number of ether oxygens (including phenoxy) is 1. The summed E-state index contributed by atoms with van der Waals surface area (Å²) in [5, 5.41) is 5.36. The maximum Gasteiger partial charge on any atom is 0.433 e. The van der Waals surface area contributed by atoms with E-state index in [1.165, 1.54) is 12.3 Å². The van der Waals surface area contributed by atoms with Gasteiger partial charge in [0.15, 0.2) is 5.82 Å². The van der Waals surface area contributed by atoms with Crippen LogP contribution in [0.4, 0.5) is 18.9 Å². The van der Waals surface area contributed by atoms with Gasteiger partial charge in [0.1, 0.15) is 21.3 Å². The second kappa shape index (κ2) is 10.8. The van der Waals surface area contributed by atoms with Gasteiger partial charge in [0.05, 0.1) is 41.5 Å². The molecule has 1 aliphatic rings. The zero-order valence-corrected chi connectivity index (χ0v) is 25.1. The number of anilines is 1. The van der Waals surface area contributed by atoms with Gasteiger partial charge < -0.3 is 9.64 Å². The maximum absolute atomic E-state index is 13.6. The largest absolute Gasteiger partial charge is 0.496 e. The number of halogens is 3. The summed E-state index contributed by atoms with van der Waals surface area (Å²) >= 11 is 0. The first-order chi connectivity index (χ1) is 20.8. The number of rotatable bonds is 7. The summed E-state index contributed by atoms with van der Waals surface area (Å²) in [5.74, 6) is 0.921. The lowest BCUT2D eigenvalue weighted by atomic mass is 9.91. The van der Waals surface area contributed by atoms with E-state index in [9.17, 15) is 21.6 Å². The van der Waals surface area contributed by atoms with E-state index in [0.717, 1.165) is 17.6 Å². The molecule has 0 spiro atoms. The molecule has 14 heteroatoms. The number of pyridine rings is 4. The van der Waals surface area contributed by atoms with Crippen molar-refractivity contribution in [3.63, 3.8) is 0 Å². The zero-order valence-electron chi connectivity index (χ0n) is 24.2. The van der Waals surface area contributed by atoms with Gasteiger partial charge in [-0.05, 0) is 44.2 Å². The third-order valence-electron chi connectivity index (χ3n) is 7.85. The van der Waals surface area contributed by atoms with Crippen molar-refractivity contribution in [3.8, 4) is 34.1 Å². The number of alkyl halides is 3. The molecule has 1 aliphatic heterocycles. The summed E-state index contributed by atoms with van der Waals surface area (Å²) < 4.78 is 71.7. The topological polar surface area (TPSA) is 116 Å². The minimum absolute atomic E-state index is 0.0470. The highest BCUT2D eigenvalue weighted by Gasteiger charge is 2.38.